The molecular weight excluding hydrogens is 532 g/mol. The first kappa shape index (κ1) is 26.0. The van der Waals surface area contributed by atoms with E-state index in [9.17, 15) is 36.3 Å². The van der Waals surface area contributed by atoms with Gasteiger partial charge in [0.25, 0.3) is 5.91 Å². The van der Waals surface area contributed by atoms with Gasteiger partial charge in [-0.3, -0.25) is 14.4 Å². The molecule has 2 aromatic rings. The zero-order valence-corrected chi connectivity index (χ0v) is 18.9. The van der Waals surface area contributed by atoms with Crippen LogP contribution in [0.4, 0.5) is 39.0 Å². The van der Waals surface area contributed by atoms with Crippen LogP contribution in [0.1, 0.15) is 23.2 Å². The van der Waals surface area contributed by atoms with E-state index >= 15 is 0 Å². The summed E-state index contributed by atoms with van der Waals surface area (Å²) in [6.45, 7) is 0. The molecule has 0 heterocycles. The van der Waals surface area contributed by atoms with Gasteiger partial charge < -0.3 is 16.0 Å². The van der Waals surface area contributed by atoms with Gasteiger partial charge in [-0.2, -0.15) is 13.2 Å². The highest BCUT2D eigenvalue weighted by molar-refractivity contribution is 6.52. The molecule has 1 aliphatic rings. The maximum atomic E-state index is 14.7. The van der Waals surface area contributed by atoms with Crippen LogP contribution in [0.2, 0.25) is 5.02 Å². The maximum absolute atomic E-state index is 14.7. The summed E-state index contributed by atoms with van der Waals surface area (Å²) < 4.78 is 64.4. The second-order valence-electron chi connectivity index (χ2n) is 7.28. The summed E-state index contributed by atoms with van der Waals surface area (Å²) in [5, 5.41) is 6.00. The molecular formula is C20H13Cl3F5N3O3. The lowest BCUT2D eigenvalue weighted by Gasteiger charge is -2.14. The van der Waals surface area contributed by atoms with Crippen molar-refractivity contribution in [1.82, 2.24) is 0 Å². The molecule has 3 N–H and O–H groups in total. The third-order valence-electron chi connectivity index (χ3n) is 4.59. The Labute approximate surface area is 203 Å². The number of rotatable bonds is 6. The summed E-state index contributed by atoms with van der Waals surface area (Å²) in [6, 6.07) is 5.28. The van der Waals surface area contributed by atoms with Gasteiger partial charge in [0.05, 0.1) is 22.2 Å². The van der Waals surface area contributed by atoms with Crippen molar-refractivity contribution in [2.24, 2.45) is 5.92 Å². The smallest absolute Gasteiger partial charge is 0.326 e. The van der Waals surface area contributed by atoms with E-state index in [-0.39, 0.29) is 22.7 Å². The first-order valence-corrected chi connectivity index (χ1v) is 10.5. The van der Waals surface area contributed by atoms with Gasteiger partial charge >= 0.3 is 6.18 Å². The molecule has 0 radical (unpaired) electrons. The number of nitrogens with one attached hydrogen (secondary N) is 3. The Morgan fingerprint density at radius 1 is 1.03 bits per heavy atom. The van der Waals surface area contributed by atoms with E-state index in [2.05, 4.69) is 10.6 Å². The number of hydrogen-bond donors (Lipinski definition) is 3. The van der Waals surface area contributed by atoms with Gasteiger partial charge in [-0.15, -0.1) is 23.2 Å². The highest BCUT2D eigenvalue weighted by Crippen LogP contribution is 2.53. The lowest BCUT2D eigenvalue weighted by molar-refractivity contribution is -0.150. The van der Waals surface area contributed by atoms with Crippen molar-refractivity contribution < 1.29 is 36.3 Å². The van der Waals surface area contributed by atoms with Crippen LogP contribution in [-0.2, 0) is 9.59 Å². The number of anilines is 3. The first-order valence-electron chi connectivity index (χ1n) is 9.32. The molecule has 0 bridgehead atoms. The van der Waals surface area contributed by atoms with Crippen molar-refractivity contribution in [3.8, 4) is 0 Å². The highest BCUT2D eigenvalue weighted by atomic mass is 35.5. The SMILES string of the molecule is O=C(CC(F)(F)F)Nc1c(F)ccc(NC(=O)c2cc(NC(=O)C3CC3(Cl)Cl)ccc2Cl)c1F. The van der Waals surface area contributed by atoms with Crippen molar-refractivity contribution in [2.75, 3.05) is 16.0 Å². The third-order valence-corrected chi connectivity index (χ3v) is 5.75. The van der Waals surface area contributed by atoms with E-state index in [1.54, 1.807) is 0 Å². The van der Waals surface area contributed by atoms with E-state index in [4.69, 9.17) is 34.8 Å². The topological polar surface area (TPSA) is 87.3 Å². The van der Waals surface area contributed by atoms with E-state index in [0.717, 1.165) is 6.07 Å². The standard InChI is InChI=1S/C20H13Cl3F5N3O3/c21-11-2-1-8(29-18(34)10-6-19(10,22)23)5-9(11)17(33)30-13-4-3-12(24)16(15(13)25)31-14(32)7-20(26,27)28/h1-5,10H,6-7H2,(H,29,34)(H,30,33)(H,31,32). The maximum Gasteiger partial charge on any atom is 0.397 e. The molecule has 3 rings (SSSR count). The monoisotopic (exact) mass is 543 g/mol. The molecule has 1 atom stereocenters. The van der Waals surface area contributed by atoms with Gasteiger partial charge in [0.1, 0.15) is 22.3 Å². The molecule has 2 aromatic carbocycles. The number of carbonyl (C=O) groups is 3. The average molecular weight is 545 g/mol. The molecule has 1 unspecified atom stereocenters. The molecule has 1 fully saturated rings. The zero-order chi connectivity index (χ0) is 25.4. The molecule has 1 aliphatic carbocycles. The molecule has 34 heavy (non-hydrogen) atoms. The predicted octanol–water partition coefficient (Wildman–Crippen LogP) is 5.89. The zero-order valence-electron chi connectivity index (χ0n) is 16.6. The number of hydrogen-bond acceptors (Lipinski definition) is 3. The Balaban J connectivity index is 1.77. The van der Waals surface area contributed by atoms with Gasteiger partial charge in [-0.05, 0) is 36.8 Å². The summed E-state index contributed by atoms with van der Waals surface area (Å²) in [7, 11) is 0. The fourth-order valence-electron chi connectivity index (χ4n) is 2.82. The summed E-state index contributed by atoms with van der Waals surface area (Å²) in [5.74, 6) is -6.71. The Kier molecular flexibility index (Phi) is 7.30. The molecule has 3 amide bonds. The van der Waals surface area contributed by atoms with Crippen molar-refractivity contribution in [3.05, 3.63) is 52.6 Å². The van der Waals surface area contributed by atoms with Crippen LogP contribution in [0.15, 0.2) is 30.3 Å². The van der Waals surface area contributed by atoms with Crippen LogP contribution in [0.3, 0.4) is 0 Å². The van der Waals surface area contributed by atoms with Crippen LogP contribution >= 0.6 is 34.8 Å². The Morgan fingerprint density at radius 2 is 1.68 bits per heavy atom. The lowest BCUT2D eigenvalue weighted by atomic mass is 10.1. The minimum Gasteiger partial charge on any atom is -0.326 e. The minimum atomic E-state index is -4.89. The molecule has 0 aliphatic heterocycles. The van der Waals surface area contributed by atoms with Crippen LogP contribution in [0.5, 0.6) is 0 Å². The van der Waals surface area contributed by atoms with Crippen molar-refractivity contribution in [3.63, 3.8) is 0 Å². The van der Waals surface area contributed by atoms with Crippen molar-refractivity contribution in [1.29, 1.82) is 0 Å². The third kappa shape index (κ3) is 6.28. The number of carbonyl (C=O) groups excluding carboxylic acids is 3. The quantitative estimate of drug-likeness (QED) is 0.313. The summed E-state index contributed by atoms with van der Waals surface area (Å²) in [5.41, 5.74) is -1.89. The number of benzene rings is 2. The van der Waals surface area contributed by atoms with Gasteiger partial charge in [-0.1, -0.05) is 11.6 Å². The van der Waals surface area contributed by atoms with Crippen LogP contribution < -0.4 is 16.0 Å². The summed E-state index contributed by atoms with van der Waals surface area (Å²) in [4.78, 5) is 36.2. The number of halogens is 8. The van der Waals surface area contributed by atoms with Gasteiger partial charge in [-0.25, -0.2) is 8.78 Å². The van der Waals surface area contributed by atoms with Gasteiger partial charge in [0, 0.05) is 5.69 Å². The molecule has 0 aromatic heterocycles. The summed E-state index contributed by atoms with van der Waals surface area (Å²) >= 11 is 17.7. The number of alkyl halides is 5. The lowest BCUT2D eigenvalue weighted by Crippen LogP contribution is -2.23. The second-order valence-corrected chi connectivity index (χ2v) is 9.23. The molecule has 0 spiro atoms. The van der Waals surface area contributed by atoms with E-state index in [0.29, 0.717) is 6.07 Å². The van der Waals surface area contributed by atoms with Crippen LogP contribution in [-0.4, -0.2) is 28.2 Å². The predicted molar refractivity (Wildman–Crippen MR) is 116 cm³/mol. The normalized spacial score (nSPS) is 16.5. The van der Waals surface area contributed by atoms with Gasteiger partial charge in [0.2, 0.25) is 11.8 Å². The van der Waals surface area contributed by atoms with Crippen molar-refractivity contribution >= 4 is 69.6 Å². The fourth-order valence-corrected chi connectivity index (χ4v) is 3.53. The summed E-state index contributed by atoms with van der Waals surface area (Å²) in [6.07, 6.45) is -6.62. The second kappa shape index (κ2) is 9.55. The Bertz CT molecular complexity index is 1170. The fraction of sp³-hybridized carbons (Fsp3) is 0.250. The molecule has 182 valence electrons. The Morgan fingerprint density at radius 3 is 2.26 bits per heavy atom. The molecule has 1 saturated carbocycles. The van der Waals surface area contributed by atoms with Crippen molar-refractivity contribution in [2.45, 2.75) is 23.4 Å². The Hall–Kier alpha value is -2.63. The molecule has 14 heteroatoms. The van der Waals surface area contributed by atoms with Crippen LogP contribution in [0, 0.1) is 17.6 Å². The van der Waals surface area contributed by atoms with Crippen LogP contribution in [0.25, 0.3) is 0 Å². The van der Waals surface area contributed by atoms with E-state index in [1.807, 2.05) is 0 Å². The number of amides is 3. The molecule has 0 saturated heterocycles. The first-order chi connectivity index (χ1) is 15.7. The van der Waals surface area contributed by atoms with E-state index in [1.165, 1.54) is 23.5 Å². The van der Waals surface area contributed by atoms with Gasteiger partial charge in [0.15, 0.2) is 5.82 Å². The molecule has 6 nitrogen and oxygen atoms in total. The largest absolute Gasteiger partial charge is 0.397 e. The van der Waals surface area contributed by atoms with E-state index < -0.39 is 63.6 Å². The highest BCUT2D eigenvalue weighted by Gasteiger charge is 2.56. The average Bonchev–Trinajstić information content (AvgIpc) is 3.35. The minimum absolute atomic E-state index is 0.0906.